The van der Waals surface area contributed by atoms with Gasteiger partial charge in [-0.1, -0.05) is 194 Å². The first-order chi connectivity index (χ1) is 30.2. The number of aromatic nitrogens is 3. The van der Waals surface area contributed by atoms with Crippen LogP contribution in [-0.2, 0) is 0 Å². The number of hydrogen-bond donors (Lipinski definition) is 0. The van der Waals surface area contributed by atoms with Crippen LogP contribution in [0.3, 0.4) is 0 Å². The molecule has 0 unspecified atom stereocenters. The van der Waals surface area contributed by atoms with Crippen LogP contribution < -0.4 is 0 Å². The van der Waals surface area contributed by atoms with Crippen LogP contribution in [0.1, 0.15) is 0 Å². The van der Waals surface area contributed by atoms with E-state index in [1.165, 1.54) is 49.7 Å². The lowest BCUT2D eigenvalue weighted by Crippen LogP contribution is -1.97. The lowest BCUT2D eigenvalue weighted by atomic mass is 9.95. The van der Waals surface area contributed by atoms with Gasteiger partial charge in [-0.15, -0.1) is 0 Å². The highest BCUT2D eigenvalue weighted by Crippen LogP contribution is 2.43. The van der Waals surface area contributed by atoms with Crippen LogP contribution in [0.2, 0.25) is 0 Å². The highest BCUT2D eigenvalue weighted by Gasteiger charge is 2.20. The second-order valence-electron chi connectivity index (χ2n) is 15.4. The summed E-state index contributed by atoms with van der Waals surface area (Å²) in [4.78, 5) is 10.2. The van der Waals surface area contributed by atoms with Gasteiger partial charge >= 0.3 is 0 Å². The van der Waals surface area contributed by atoms with Crippen molar-refractivity contribution in [3.8, 4) is 84.1 Å². The van der Waals surface area contributed by atoms with Gasteiger partial charge in [0.2, 0.25) is 0 Å². The molecule has 0 radical (unpaired) electrons. The molecule has 0 aliphatic rings. The molecule has 0 spiro atoms. The second kappa shape index (κ2) is 15.6. The summed E-state index contributed by atoms with van der Waals surface area (Å²) < 4.78 is 2.46. The molecule has 0 atom stereocenters. The molecule has 3 nitrogen and oxygen atoms in total. The van der Waals surface area contributed by atoms with Crippen molar-refractivity contribution < 1.29 is 0 Å². The molecule has 2 heterocycles. The Hall–Kier alpha value is -8.14. The van der Waals surface area contributed by atoms with Gasteiger partial charge in [-0.25, -0.2) is 9.97 Å². The Morgan fingerprint density at radius 1 is 0.279 bits per heavy atom. The zero-order valence-corrected chi connectivity index (χ0v) is 33.4. The van der Waals surface area contributed by atoms with Crippen LogP contribution in [0, 0.1) is 0 Å². The summed E-state index contributed by atoms with van der Waals surface area (Å²) in [6.07, 6.45) is 0. The molecule has 0 saturated heterocycles. The predicted molar refractivity (Wildman–Crippen MR) is 254 cm³/mol. The van der Waals surface area contributed by atoms with Crippen LogP contribution in [-0.4, -0.2) is 14.5 Å². The molecule has 0 N–H and O–H groups in total. The summed E-state index contributed by atoms with van der Waals surface area (Å²) in [5, 5.41) is 2.43. The van der Waals surface area contributed by atoms with Crippen molar-refractivity contribution in [1.29, 1.82) is 0 Å². The third-order valence-electron chi connectivity index (χ3n) is 11.6. The Kier molecular flexibility index (Phi) is 9.18. The Balaban J connectivity index is 1.06. The fourth-order valence-corrected chi connectivity index (χ4v) is 8.59. The molecule has 0 amide bonds. The van der Waals surface area contributed by atoms with Crippen LogP contribution in [0.25, 0.3) is 106 Å². The zero-order valence-electron chi connectivity index (χ0n) is 33.4. The third kappa shape index (κ3) is 6.88. The minimum atomic E-state index is 0.698. The molecule has 2 aromatic heterocycles. The van der Waals surface area contributed by atoms with Crippen molar-refractivity contribution in [1.82, 2.24) is 14.5 Å². The highest BCUT2D eigenvalue weighted by atomic mass is 15.0. The number of fused-ring (bicyclic) bond motifs is 3. The van der Waals surface area contributed by atoms with Crippen LogP contribution in [0.4, 0.5) is 0 Å². The van der Waals surface area contributed by atoms with E-state index < -0.39 is 0 Å². The molecule has 3 heteroatoms. The van der Waals surface area contributed by atoms with Gasteiger partial charge in [-0.3, -0.25) is 0 Å². The van der Waals surface area contributed by atoms with Gasteiger partial charge in [-0.2, -0.15) is 0 Å². The Morgan fingerprint density at radius 2 is 0.721 bits per heavy atom. The molecule has 0 fully saturated rings. The van der Waals surface area contributed by atoms with Crippen molar-refractivity contribution in [2.45, 2.75) is 0 Å². The van der Waals surface area contributed by atoms with E-state index in [0.29, 0.717) is 5.82 Å². The lowest BCUT2D eigenvalue weighted by Gasteiger charge is -2.15. The first-order valence-corrected chi connectivity index (χ1v) is 20.7. The standard InChI is InChI=1S/C58H39N3/c1-6-17-40(18-7-1)48-33-34-56-52(36-48)53-38-49(41-19-8-2-9-20-41)37-51(43-21-10-3-11-22-43)57(53)61(56)50-28-16-27-47(35-50)42-29-31-46(32-30-42)58-59-54(44-23-12-4-13-24-44)39-55(60-58)45-25-14-5-15-26-45/h1-39H. The summed E-state index contributed by atoms with van der Waals surface area (Å²) in [5.74, 6) is 0.698. The molecule has 286 valence electrons. The molecule has 61 heavy (non-hydrogen) atoms. The van der Waals surface area contributed by atoms with Gasteiger partial charge in [0.25, 0.3) is 0 Å². The van der Waals surface area contributed by atoms with Gasteiger partial charge in [-0.05, 0) is 81.4 Å². The molecule has 0 bridgehead atoms. The van der Waals surface area contributed by atoms with Crippen molar-refractivity contribution >= 4 is 21.8 Å². The highest BCUT2D eigenvalue weighted by molar-refractivity contribution is 6.16. The molecule has 0 aliphatic heterocycles. The van der Waals surface area contributed by atoms with E-state index in [0.717, 1.165) is 50.4 Å². The summed E-state index contributed by atoms with van der Waals surface area (Å²) in [5.41, 5.74) is 17.7. The van der Waals surface area contributed by atoms with Gasteiger partial charge < -0.3 is 4.57 Å². The smallest absolute Gasteiger partial charge is 0.160 e. The van der Waals surface area contributed by atoms with Crippen LogP contribution in [0.15, 0.2) is 237 Å². The molecule has 0 aliphatic carbocycles. The molecule has 9 aromatic carbocycles. The third-order valence-corrected chi connectivity index (χ3v) is 11.6. The fourth-order valence-electron chi connectivity index (χ4n) is 8.59. The number of hydrogen-bond acceptors (Lipinski definition) is 2. The van der Waals surface area contributed by atoms with E-state index in [-0.39, 0.29) is 0 Å². The van der Waals surface area contributed by atoms with Crippen molar-refractivity contribution in [2.24, 2.45) is 0 Å². The lowest BCUT2D eigenvalue weighted by molar-refractivity contribution is 1.18. The van der Waals surface area contributed by atoms with Gasteiger partial charge in [0.05, 0.1) is 22.4 Å². The SMILES string of the molecule is c1ccc(-c2ccc3c(c2)c2cc(-c4ccccc4)cc(-c4ccccc4)c2n3-c2cccc(-c3ccc(-c4nc(-c5ccccc5)cc(-c5ccccc5)n4)cc3)c2)cc1. The average molecular weight is 778 g/mol. The molecule has 11 rings (SSSR count). The predicted octanol–water partition coefficient (Wildman–Crippen LogP) is 15.2. The topological polar surface area (TPSA) is 30.7 Å². The minimum Gasteiger partial charge on any atom is -0.309 e. The molecule has 11 aromatic rings. The normalized spacial score (nSPS) is 11.3. The number of rotatable bonds is 8. The van der Waals surface area contributed by atoms with E-state index in [1.54, 1.807) is 0 Å². The summed E-state index contributed by atoms with van der Waals surface area (Å²) in [6.45, 7) is 0. The van der Waals surface area contributed by atoms with Crippen LogP contribution >= 0.6 is 0 Å². The number of nitrogens with zero attached hydrogens (tertiary/aromatic N) is 3. The van der Waals surface area contributed by atoms with E-state index in [1.807, 2.05) is 36.4 Å². The average Bonchev–Trinajstić information content (AvgIpc) is 3.68. The van der Waals surface area contributed by atoms with Gasteiger partial charge in [0.15, 0.2) is 5.82 Å². The van der Waals surface area contributed by atoms with Crippen LogP contribution in [0.5, 0.6) is 0 Å². The van der Waals surface area contributed by atoms with Gasteiger partial charge in [0.1, 0.15) is 0 Å². The second-order valence-corrected chi connectivity index (χ2v) is 15.4. The van der Waals surface area contributed by atoms with E-state index in [9.17, 15) is 0 Å². The summed E-state index contributed by atoms with van der Waals surface area (Å²) in [7, 11) is 0. The Labute approximate surface area is 355 Å². The Bertz CT molecular complexity index is 3250. The number of benzene rings is 9. The Morgan fingerprint density at radius 3 is 1.31 bits per heavy atom. The first kappa shape index (κ1) is 36.0. The van der Waals surface area contributed by atoms with E-state index in [4.69, 9.17) is 9.97 Å². The van der Waals surface area contributed by atoms with Crippen molar-refractivity contribution in [3.63, 3.8) is 0 Å². The molecular weight excluding hydrogens is 739 g/mol. The maximum absolute atomic E-state index is 5.08. The minimum absolute atomic E-state index is 0.698. The fraction of sp³-hybridized carbons (Fsp3) is 0. The summed E-state index contributed by atoms with van der Waals surface area (Å²) in [6, 6.07) is 84.2. The maximum atomic E-state index is 5.08. The van der Waals surface area contributed by atoms with E-state index in [2.05, 4.69) is 205 Å². The quantitative estimate of drug-likeness (QED) is 0.154. The summed E-state index contributed by atoms with van der Waals surface area (Å²) >= 11 is 0. The zero-order chi connectivity index (χ0) is 40.5. The largest absolute Gasteiger partial charge is 0.309 e. The first-order valence-electron chi connectivity index (χ1n) is 20.7. The monoisotopic (exact) mass is 777 g/mol. The van der Waals surface area contributed by atoms with Gasteiger partial charge in [0, 0.05) is 38.7 Å². The van der Waals surface area contributed by atoms with E-state index >= 15 is 0 Å². The maximum Gasteiger partial charge on any atom is 0.160 e. The van der Waals surface area contributed by atoms with Crippen molar-refractivity contribution in [3.05, 3.63) is 237 Å². The molecular formula is C58H39N3. The van der Waals surface area contributed by atoms with Crippen molar-refractivity contribution in [2.75, 3.05) is 0 Å². The molecule has 0 saturated carbocycles.